The Hall–Kier alpha value is -6.17. The lowest BCUT2D eigenvalue weighted by atomic mass is 9.55. The number of ether oxygens (including phenoxy) is 6. The zero-order chi connectivity index (χ0) is 46.5. The molecule has 65 heavy (non-hydrogen) atoms. The van der Waals surface area contributed by atoms with Crippen LogP contribution in [0.2, 0.25) is 0 Å². The van der Waals surface area contributed by atoms with Crippen LogP contribution in [0.25, 0.3) is 0 Å². The predicted octanol–water partition coefficient (Wildman–Crippen LogP) is 8.79. The molecule has 6 atom stereocenters. The Labute approximate surface area is 379 Å². The molecule has 1 aliphatic heterocycles. The fourth-order valence-electron chi connectivity index (χ4n) is 9.41. The molecule has 2 aliphatic carbocycles. The topological polar surface area (TPSA) is 210 Å². The van der Waals surface area contributed by atoms with Crippen LogP contribution in [0.5, 0.6) is 28.7 Å². The van der Waals surface area contributed by atoms with Crippen molar-refractivity contribution in [3.05, 3.63) is 101 Å². The maximum absolute atomic E-state index is 14.6. The quantitative estimate of drug-likeness (QED) is 0.0373. The van der Waals surface area contributed by atoms with Crippen LogP contribution in [0.3, 0.4) is 0 Å². The van der Waals surface area contributed by atoms with Crippen molar-refractivity contribution in [1.29, 1.82) is 0 Å². The maximum atomic E-state index is 14.6. The number of nitro benzene ring substituents is 1. The van der Waals surface area contributed by atoms with E-state index in [0.717, 1.165) is 24.0 Å². The number of nitrogens with one attached hydrogen (secondary N) is 1. The Kier molecular flexibility index (Phi) is 16.8. The second-order valence-corrected chi connectivity index (χ2v) is 16.1. The van der Waals surface area contributed by atoms with Gasteiger partial charge in [0.05, 0.1) is 43.1 Å². The van der Waals surface area contributed by atoms with E-state index in [0.29, 0.717) is 60.8 Å². The second-order valence-electron chi connectivity index (χ2n) is 16.1. The van der Waals surface area contributed by atoms with Gasteiger partial charge in [0.15, 0.2) is 0 Å². The summed E-state index contributed by atoms with van der Waals surface area (Å²) in [6, 6.07) is 14.6. The van der Waals surface area contributed by atoms with E-state index in [1.807, 2.05) is 19.9 Å². The van der Waals surface area contributed by atoms with Gasteiger partial charge in [0.1, 0.15) is 41.4 Å². The number of carbonyl (C=O) groups excluding carboxylic acids is 2. The van der Waals surface area contributed by atoms with Crippen LogP contribution in [0, 0.1) is 27.9 Å². The Bertz CT molecular complexity index is 2200. The van der Waals surface area contributed by atoms with E-state index < -0.39 is 40.8 Å². The molecular formula is C48H60N4O13. The zero-order valence-corrected chi connectivity index (χ0v) is 37.4. The minimum absolute atomic E-state index is 0.0192. The summed E-state index contributed by atoms with van der Waals surface area (Å²) >= 11 is 0. The van der Waals surface area contributed by atoms with E-state index in [1.165, 1.54) is 38.5 Å². The van der Waals surface area contributed by atoms with E-state index in [2.05, 4.69) is 18.0 Å². The highest BCUT2D eigenvalue weighted by Gasteiger charge is 2.65. The van der Waals surface area contributed by atoms with Crippen LogP contribution < -0.4 is 29.0 Å². The van der Waals surface area contributed by atoms with Gasteiger partial charge >= 0.3 is 12.2 Å². The molecule has 1 fully saturated rings. The van der Waals surface area contributed by atoms with Crippen LogP contribution in [0.1, 0.15) is 76.7 Å². The number of carbonyl (C=O) groups is 2. The maximum Gasteiger partial charge on any atom is 0.417 e. The minimum Gasteiger partial charge on any atom is -0.497 e. The Morgan fingerprint density at radius 2 is 1.69 bits per heavy atom. The molecular weight excluding hydrogens is 841 g/mol. The lowest BCUT2D eigenvalue weighted by Gasteiger charge is -2.59. The number of rotatable bonds is 22. The lowest BCUT2D eigenvalue weighted by molar-refractivity contribution is -0.384. The van der Waals surface area contributed by atoms with Crippen LogP contribution in [-0.4, -0.2) is 97.0 Å². The molecule has 0 saturated heterocycles. The molecule has 0 radical (unpaired) electrons. The van der Waals surface area contributed by atoms with Gasteiger partial charge in [-0.15, -0.1) is 6.58 Å². The van der Waals surface area contributed by atoms with Crippen LogP contribution in [0.15, 0.2) is 90.1 Å². The first-order valence-electron chi connectivity index (χ1n) is 22.2. The average molecular weight is 901 g/mol. The molecule has 3 aliphatic rings. The van der Waals surface area contributed by atoms with Crippen LogP contribution in [0.4, 0.5) is 21.0 Å². The number of fused-ring (bicyclic) bond motifs is 2. The lowest BCUT2D eigenvalue weighted by Crippen LogP contribution is -2.70. The number of aliphatic hydroxyl groups excluding tert-OH is 2. The minimum atomic E-state index is -1.57. The summed E-state index contributed by atoms with van der Waals surface area (Å²) in [4.78, 5) is 46.3. The van der Waals surface area contributed by atoms with Gasteiger partial charge in [-0.25, -0.2) is 9.59 Å². The largest absolute Gasteiger partial charge is 0.497 e. The summed E-state index contributed by atoms with van der Waals surface area (Å²) in [5.41, 5.74) is 2.40. The first kappa shape index (κ1) is 48.3. The fraction of sp³-hybridized carbons (Fsp3) is 0.479. The summed E-state index contributed by atoms with van der Waals surface area (Å²) < 4.78 is 36.9. The number of benzene rings is 3. The first-order chi connectivity index (χ1) is 31.5. The van der Waals surface area contributed by atoms with E-state index in [-0.39, 0.29) is 68.4 Å². The number of unbranched alkanes of at least 4 members (excludes halogenated alkanes) is 2. The van der Waals surface area contributed by atoms with Crippen molar-refractivity contribution >= 4 is 29.3 Å². The number of oxime groups is 1. The highest BCUT2D eigenvalue weighted by atomic mass is 16.7. The number of hydrogen-bond donors (Lipinski definition) is 3. The number of non-ortho nitro benzene ring substituents is 1. The van der Waals surface area contributed by atoms with Crippen molar-refractivity contribution in [3.63, 3.8) is 0 Å². The number of aliphatic hydroxyl groups is 2. The molecule has 3 aromatic carbocycles. The standard InChI is InChI=1S/C48H60N4O13/c1-6-23-51(47(56)64-33-17-15-32(16-18-33)52(57)58)43-30-40(50-62-8-3)37-27-31(13-9-11-24-53)36(14-10-12-25-54)44-38-28-35(20-22-41(38)65-48(43,45(37)44)61-26-7-2)63-46(55)49-39-21-19-34(59-4)29-42(39)60-5/h7,15-22,27-29,31,36,43-45,53-54H,2,6,8-14,23-26,30H2,1,3-5H3,(H,49,55)/t31-,36+,43-,44+,45+,48+/m0/s1. The van der Waals surface area contributed by atoms with Crippen molar-refractivity contribution < 1.29 is 58.0 Å². The van der Waals surface area contributed by atoms with E-state index in [9.17, 15) is 29.9 Å². The van der Waals surface area contributed by atoms with Gasteiger partial charge in [-0.1, -0.05) is 37.1 Å². The fourth-order valence-corrected chi connectivity index (χ4v) is 9.41. The number of amides is 2. The molecule has 3 aromatic rings. The normalized spacial score (nSPS) is 22.3. The first-order valence-corrected chi connectivity index (χ1v) is 22.2. The molecule has 6 rings (SSSR count). The van der Waals surface area contributed by atoms with Gasteiger partial charge in [-0.2, -0.15) is 0 Å². The summed E-state index contributed by atoms with van der Waals surface area (Å²) in [5, 5.41) is 38.7. The summed E-state index contributed by atoms with van der Waals surface area (Å²) in [6.07, 6.45) is 7.11. The van der Waals surface area contributed by atoms with E-state index in [4.69, 9.17) is 38.4 Å². The summed E-state index contributed by atoms with van der Waals surface area (Å²) in [6.45, 7) is 8.35. The molecule has 1 saturated carbocycles. The smallest absolute Gasteiger partial charge is 0.417 e. The molecule has 350 valence electrons. The van der Waals surface area contributed by atoms with Gasteiger partial charge in [-0.3, -0.25) is 20.3 Å². The number of nitro groups is 1. The number of methoxy groups -OCH3 is 2. The third-order valence-corrected chi connectivity index (χ3v) is 12.1. The van der Waals surface area contributed by atoms with Crippen molar-refractivity contribution in [2.75, 3.05) is 52.5 Å². The number of allylic oxidation sites excluding steroid dienone is 1. The predicted molar refractivity (Wildman–Crippen MR) is 242 cm³/mol. The van der Waals surface area contributed by atoms with Crippen LogP contribution >= 0.6 is 0 Å². The van der Waals surface area contributed by atoms with Gasteiger partial charge in [0.25, 0.3) is 5.69 Å². The third kappa shape index (κ3) is 10.9. The number of anilines is 1. The SMILES string of the molecule is C=CCO[C@@]12Oc3ccc(OC(=O)Nc4ccc(OC)cc4OC)cc3[C@H]3[C@H](CCCCO)[C@@H](CCCCO)C=C(C(=NOCC)C[C@@H]1N(CCC)C(=O)Oc1ccc([N+](=O)[O-])cc1)[C@H]32. The molecule has 3 N–H and O–H groups in total. The van der Waals surface area contributed by atoms with E-state index in [1.54, 1.807) is 41.3 Å². The Morgan fingerprint density at radius 1 is 0.969 bits per heavy atom. The van der Waals surface area contributed by atoms with Gasteiger partial charge in [0, 0.05) is 55.9 Å². The Balaban J connectivity index is 1.51. The van der Waals surface area contributed by atoms with Crippen LogP contribution in [-0.2, 0) is 9.57 Å². The van der Waals surface area contributed by atoms with Crippen molar-refractivity contribution in [2.45, 2.75) is 83.0 Å². The van der Waals surface area contributed by atoms with Crippen molar-refractivity contribution in [2.24, 2.45) is 22.9 Å². The third-order valence-electron chi connectivity index (χ3n) is 12.1. The number of hydrogen-bond acceptors (Lipinski definition) is 14. The highest BCUT2D eigenvalue weighted by molar-refractivity contribution is 6.03. The highest BCUT2D eigenvalue weighted by Crippen LogP contribution is 2.62. The van der Waals surface area contributed by atoms with Crippen molar-refractivity contribution in [1.82, 2.24) is 4.90 Å². The molecule has 0 aromatic heterocycles. The van der Waals surface area contributed by atoms with Gasteiger partial charge < -0.3 is 43.5 Å². The van der Waals surface area contributed by atoms with Crippen molar-refractivity contribution in [3.8, 4) is 28.7 Å². The van der Waals surface area contributed by atoms with Gasteiger partial charge in [0.2, 0.25) is 5.79 Å². The molecule has 17 heteroatoms. The molecule has 0 unspecified atom stereocenters. The molecule has 17 nitrogen and oxygen atoms in total. The molecule has 1 heterocycles. The summed E-state index contributed by atoms with van der Waals surface area (Å²) in [7, 11) is 3.02. The molecule has 0 bridgehead atoms. The molecule has 2 amide bonds. The van der Waals surface area contributed by atoms with Gasteiger partial charge in [-0.05, 0) is 98.9 Å². The summed E-state index contributed by atoms with van der Waals surface area (Å²) in [5.74, 6) is -0.962. The average Bonchev–Trinajstić information content (AvgIpc) is 3.31. The molecule has 0 spiro atoms. The zero-order valence-electron chi connectivity index (χ0n) is 37.4. The Morgan fingerprint density at radius 3 is 2.35 bits per heavy atom. The van der Waals surface area contributed by atoms with E-state index >= 15 is 0 Å². The monoisotopic (exact) mass is 900 g/mol. The second kappa shape index (κ2) is 22.6. The number of nitrogens with zero attached hydrogens (tertiary/aromatic N) is 3.